The summed E-state index contributed by atoms with van der Waals surface area (Å²) < 4.78 is 0. The molecule has 0 saturated heterocycles. The van der Waals surface area contributed by atoms with E-state index in [0.717, 1.165) is 0 Å². The Morgan fingerprint density at radius 1 is 1.00 bits per heavy atom. The van der Waals surface area contributed by atoms with Gasteiger partial charge in [0.1, 0.15) is 0 Å². The molecule has 0 amide bonds. The van der Waals surface area contributed by atoms with Crippen LogP contribution in [-0.2, 0) is 44.8 Å². The molecule has 4 heteroatoms. The van der Waals surface area contributed by atoms with Crippen molar-refractivity contribution in [1.82, 2.24) is 0 Å². The van der Waals surface area contributed by atoms with E-state index in [4.69, 9.17) is 0 Å². The first kappa shape index (κ1) is 26.7. The summed E-state index contributed by atoms with van der Waals surface area (Å²) in [5.74, 6) is 0. The van der Waals surface area contributed by atoms with E-state index in [2.05, 4.69) is 0 Å². The van der Waals surface area contributed by atoms with Crippen molar-refractivity contribution in [3.8, 4) is 0 Å². The quantitative estimate of drug-likeness (QED) is 0.289. The molecule has 4 heavy (non-hydrogen) atoms. The van der Waals surface area contributed by atoms with Gasteiger partial charge >= 0.3 is 0 Å². The van der Waals surface area contributed by atoms with E-state index in [1.54, 1.807) is 0 Å². The molecule has 0 aromatic heterocycles. The van der Waals surface area contributed by atoms with Gasteiger partial charge in [-0.15, -0.1) is 0 Å². The van der Waals surface area contributed by atoms with Crippen LogP contribution in [0.2, 0.25) is 0 Å². The van der Waals surface area contributed by atoms with Crippen molar-refractivity contribution in [2.75, 3.05) is 0 Å². The zero-order chi connectivity index (χ0) is 0. The van der Waals surface area contributed by atoms with E-state index in [1.165, 1.54) is 0 Å². The summed E-state index contributed by atoms with van der Waals surface area (Å²) in [6.07, 6.45) is 0. The topological polar surface area (TPSA) is 0 Å². The molecule has 0 N–H and O–H groups in total. The van der Waals surface area contributed by atoms with E-state index < -0.39 is 0 Å². The van der Waals surface area contributed by atoms with Crippen LogP contribution in [0.1, 0.15) is 0 Å². The molecular weight excluding hydrogens is 721 g/mol. The second-order valence-corrected chi connectivity index (χ2v) is 0. The van der Waals surface area contributed by atoms with Gasteiger partial charge in [-0.2, -0.15) is 0 Å². The van der Waals surface area contributed by atoms with Crippen molar-refractivity contribution in [1.29, 1.82) is 0 Å². The van der Waals surface area contributed by atoms with Gasteiger partial charge in [-0.1, -0.05) is 0 Å². The third-order valence-corrected chi connectivity index (χ3v) is 0. The van der Waals surface area contributed by atoms with Crippen molar-refractivity contribution >= 4 is 53.5 Å². The predicted octanol–water partition coefficient (Wildman–Crippen LogP) is -0.767. The standard InChI is InChI=1S/Ag.Au.Bi.Pb. The fourth-order valence-corrected chi connectivity index (χ4v) is 0. The maximum absolute atomic E-state index is 0. The average Bonchev–Trinajstić information content (AvgIpc) is 0. The molecule has 0 atom stereocenters. The zero-order valence-electron chi connectivity index (χ0n) is 1.55. The van der Waals surface area contributed by atoms with Crippen molar-refractivity contribution in [2.45, 2.75) is 0 Å². The average molecular weight is 721 g/mol. The van der Waals surface area contributed by atoms with Gasteiger partial charge in [0.15, 0.2) is 0 Å². The minimum atomic E-state index is 0. The molecule has 0 rings (SSSR count). The van der Waals surface area contributed by atoms with Crippen LogP contribution in [0.5, 0.6) is 0 Å². The Morgan fingerprint density at radius 2 is 1.00 bits per heavy atom. The van der Waals surface area contributed by atoms with Crippen LogP contribution in [0.4, 0.5) is 0 Å². The van der Waals surface area contributed by atoms with E-state index in [9.17, 15) is 0 Å². The molecule has 9 radical (unpaired) electrons. The van der Waals surface area contributed by atoms with E-state index >= 15 is 0 Å². The molecule has 0 aliphatic rings. The van der Waals surface area contributed by atoms with Gasteiger partial charge in [0.2, 0.25) is 0 Å². The summed E-state index contributed by atoms with van der Waals surface area (Å²) >= 11 is 0. The fraction of sp³-hybridized carbons (Fsp3) is 0. The van der Waals surface area contributed by atoms with Crippen LogP contribution in [0.15, 0.2) is 0 Å². The third-order valence-electron chi connectivity index (χ3n) is 0. The summed E-state index contributed by atoms with van der Waals surface area (Å²) in [4.78, 5) is 0. The molecule has 0 aromatic rings. The number of rotatable bonds is 0. The SMILES string of the molecule is [Ag].[Au].[Bi].[Pb]. The maximum Gasteiger partial charge on any atom is 0 e. The van der Waals surface area contributed by atoms with Crippen LogP contribution in [0.3, 0.4) is 0 Å². The van der Waals surface area contributed by atoms with Gasteiger partial charge in [0.05, 0.1) is 0 Å². The second kappa shape index (κ2) is 16.3. The Kier molecular flexibility index (Phi) is 108. The van der Waals surface area contributed by atoms with Crippen molar-refractivity contribution in [3.63, 3.8) is 0 Å². The van der Waals surface area contributed by atoms with Crippen LogP contribution < -0.4 is 0 Å². The fourth-order valence-electron chi connectivity index (χ4n) is 0. The van der Waals surface area contributed by atoms with Gasteiger partial charge in [0, 0.05) is 98.3 Å². The molecular formula is AgAuBiPb. The van der Waals surface area contributed by atoms with Crippen molar-refractivity contribution in [2.24, 2.45) is 0 Å². The van der Waals surface area contributed by atoms with Crippen LogP contribution >= 0.6 is 0 Å². The summed E-state index contributed by atoms with van der Waals surface area (Å²) in [6, 6.07) is 0. The van der Waals surface area contributed by atoms with Crippen LogP contribution in [0.25, 0.3) is 0 Å². The van der Waals surface area contributed by atoms with E-state index in [0.29, 0.717) is 0 Å². The molecule has 31 valence electrons. The second-order valence-electron chi connectivity index (χ2n) is 0. The first-order valence-corrected chi connectivity index (χ1v) is 0. The van der Waals surface area contributed by atoms with Crippen LogP contribution in [-0.4, -0.2) is 53.5 Å². The monoisotopic (exact) mass is 721 g/mol. The Morgan fingerprint density at radius 3 is 1.00 bits per heavy atom. The molecule has 0 heterocycles. The Balaban J connectivity index is 0. The van der Waals surface area contributed by atoms with Gasteiger partial charge < -0.3 is 0 Å². The smallest absolute Gasteiger partial charge is 0 e. The van der Waals surface area contributed by atoms with Gasteiger partial charge in [-0.25, -0.2) is 0 Å². The summed E-state index contributed by atoms with van der Waals surface area (Å²) in [6.45, 7) is 0. The third kappa shape index (κ3) is 8.99. The summed E-state index contributed by atoms with van der Waals surface area (Å²) in [7, 11) is 0. The first-order valence-electron chi connectivity index (χ1n) is 0. The van der Waals surface area contributed by atoms with Crippen molar-refractivity contribution < 1.29 is 44.8 Å². The molecule has 0 bridgehead atoms. The summed E-state index contributed by atoms with van der Waals surface area (Å²) in [5, 5.41) is 0. The van der Waals surface area contributed by atoms with E-state index in [-0.39, 0.29) is 98.3 Å². The normalized spacial score (nSPS) is 0. The molecule has 0 unspecified atom stereocenters. The zero-order valence-corrected chi connectivity index (χ0v) is 12.6. The van der Waals surface area contributed by atoms with E-state index in [1.807, 2.05) is 0 Å². The minimum Gasteiger partial charge on any atom is 0 e. The minimum absolute atomic E-state index is 0. The van der Waals surface area contributed by atoms with Gasteiger partial charge in [0.25, 0.3) is 0 Å². The number of hydrogen-bond acceptors (Lipinski definition) is 0. The molecule has 0 aliphatic carbocycles. The first-order chi connectivity index (χ1) is 0. The summed E-state index contributed by atoms with van der Waals surface area (Å²) in [5.41, 5.74) is 0. The Labute approximate surface area is 96.2 Å². The number of hydrogen-bond donors (Lipinski definition) is 0. The van der Waals surface area contributed by atoms with Crippen molar-refractivity contribution in [3.05, 3.63) is 0 Å². The van der Waals surface area contributed by atoms with Gasteiger partial charge in [-0.3, -0.25) is 0 Å². The van der Waals surface area contributed by atoms with Gasteiger partial charge in [-0.05, 0) is 0 Å². The molecule has 0 aromatic carbocycles. The molecule has 0 aliphatic heterocycles. The Hall–Kier alpha value is 3.29. The molecule has 0 saturated carbocycles. The Bertz CT molecular complexity index is 8.00. The predicted molar refractivity (Wildman–Crippen MR) is 11.5 cm³/mol. The molecule has 0 fully saturated rings. The molecule has 0 nitrogen and oxygen atoms in total. The molecule has 0 spiro atoms. The van der Waals surface area contributed by atoms with Crippen LogP contribution in [0, 0.1) is 0 Å². The largest absolute Gasteiger partial charge is 0 e. The maximum atomic E-state index is 0.